The quantitative estimate of drug-likeness (QED) is 0.865. The average molecular weight is 376 g/mol. The third-order valence-electron chi connectivity index (χ3n) is 4.42. The molecule has 0 unspecified atom stereocenters. The average Bonchev–Trinajstić information content (AvgIpc) is 3.28. The van der Waals surface area contributed by atoms with Crippen LogP contribution in [-0.4, -0.2) is 34.8 Å². The van der Waals surface area contributed by atoms with Crippen molar-refractivity contribution < 1.29 is 13.2 Å². The molecule has 0 saturated heterocycles. The minimum absolute atomic E-state index is 0.154. The highest BCUT2D eigenvalue weighted by atomic mass is 32.2. The van der Waals surface area contributed by atoms with Gasteiger partial charge in [0.2, 0.25) is 20.9 Å². The summed E-state index contributed by atoms with van der Waals surface area (Å²) >= 11 is 0. The summed E-state index contributed by atoms with van der Waals surface area (Å²) in [7, 11) is -2.23. The molecule has 1 aliphatic rings. The van der Waals surface area contributed by atoms with Gasteiger partial charge in [0.05, 0.1) is 0 Å². The zero-order valence-electron chi connectivity index (χ0n) is 15.5. The monoisotopic (exact) mass is 376 g/mol. The molecule has 0 bridgehead atoms. The number of anilines is 1. The van der Waals surface area contributed by atoms with E-state index in [1.54, 1.807) is 13.1 Å². The van der Waals surface area contributed by atoms with Crippen molar-refractivity contribution in [1.82, 2.24) is 14.8 Å². The Morgan fingerprint density at radius 2 is 1.88 bits per heavy atom. The van der Waals surface area contributed by atoms with E-state index in [9.17, 15) is 13.2 Å². The molecule has 1 fully saturated rings. The van der Waals surface area contributed by atoms with Gasteiger partial charge in [-0.3, -0.25) is 4.79 Å². The van der Waals surface area contributed by atoms with Crippen molar-refractivity contribution in [3.63, 3.8) is 0 Å². The Kier molecular flexibility index (Phi) is 4.64. The number of para-hydroxylation sites is 1. The molecule has 26 heavy (non-hydrogen) atoms. The zero-order valence-corrected chi connectivity index (χ0v) is 16.3. The van der Waals surface area contributed by atoms with Crippen LogP contribution in [0.15, 0.2) is 29.4 Å². The molecule has 1 aromatic heterocycles. The summed E-state index contributed by atoms with van der Waals surface area (Å²) in [6, 6.07) is 7.41. The van der Waals surface area contributed by atoms with Gasteiger partial charge in [0.15, 0.2) is 0 Å². The van der Waals surface area contributed by atoms with Gasteiger partial charge in [-0.1, -0.05) is 39.0 Å². The molecule has 0 aliphatic heterocycles. The molecule has 1 heterocycles. The molecule has 1 N–H and O–H groups in total. The normalized spacial score (nSPS) is 15.1. The predicted molar refractivity (Wildman–Crippen MR) is 98.8 cm³/mol. The van der Waals surface area contributed by atoms with Gasteiger partial charge >= 0.3 is 0 Å². The smallest absolute Gasteiger partial charge is 0.250 e. The van der Waals surface area contributed by atoms with E-state index in [-0.39, 0.29) is 16.5 Å². The Labute approximate surface area is 153 Å². The maximum Gasteiger partial charge on any atom is 0.250 e. The largest absolute Gasteiger partial charge is 0.325 e. The third kappa shape index (κ3) is 3.80. The van der Waals surface area contributed by atoms with E-state index in [2.05, 4.69) is 15.5 Å². The Morgan fingerprint density at radius 1 is 1.23 bits per heavy atom. The fourth-order valence-corrected chi connectivity index (χ4v) is 4.19. The summed E-state index contributed by atoms with van der Waals surface area (Å²) in [5.41, 5.74) is 1.39. The number of aromatic nitrogens is 3. The van der Waals surface area contributed by atoms with Gasteiger partial charge in [0.25, 0.3) is 0 Å². The molecular formula is C18H24N4O3S. The van der Waals surface area contributed by atoms with E-state index in [1.807, 2.05) is 39.0 Å². The third-order valence-corrected chi connectivity index (χ3v) is 5.97. The summed E-state index contributed by atoms with van der Waals surface area (Å²) in [6.07, 6.45) is 1.99. The summed E-state index contributed by atoms with van der Waals surface area (Å²) in [5, 5.41) is 10.4. The minimum atomic E-state index is -3.87. The van der Waals surface area contributed by atoms with Crippen LogP contribution in [-0.2, 0) is 27.1 Å². The number of benzene rings is 1. The van der Waals surface area contributed by atoms with E-state index in [0.29, 0.717) is 11.5 Å². The number of rotatable bonds is 5. The topological polar surface area (TPSA) is 93.9 Å². The number of carbonyl (C=O) groups excluding carboxylic acids is 1. The standard InChI is InChI=1S/C18H24N4O3S/c1-18(2,3)13-7-5-6-8-14(13)19-15(23)11-26(24,25)17-21-20-16(22(17)4)12-9-10-12/h5-8,12H,9-11H2,1-4H3,(H,19,23). The Bertz CT molecular complexity index is 938. The van der Waals surface area contributed by atoms with Crippen molar-refractivity contribution in [3.05, 3.63) is 35.7 Å². The first-order valence-electron chi connectivity index (χ1n) is 8.61. The van der Waals surface area contributed by atoms with Crippen molar-refractivity contribution in [2.75, 3.05) is 11.1 Å². The lowest BCUT2D eigenvalue weighted by molar-refractivity contribution is -0.113. The predicted octanol–water partition coefficient (Wildman–Crippen LogP) is 2.40. The summed E-state index contributed by atoms with van der Waals surface area (Å²) in [4.78, 5) is 12.4. The van der Waals surface area contributed by atoms with E-state index in [0.717, 1.165) is 18.4 Å². The second kappa shape index (κ2) is 6.50. The van der Waals surface area contributed by atoms with E-state index in [4.69, 9.17) is 0 Å². The van der Waals surface area contributed by atoms with E-state index in [1.165, 1.54) is 4.57 Å². The molecular weight excluding hydrogens is 352 g/mol. The molecule has 7 nitrogen and oxygen atoms in total. The van der Waals surface area contributed by atoms with Crippen LogP contribution in [0.5, 0.6) is 0 Å². The van der Waals surface area contributed by atoms with Crippen molar-refractivity contribution >= 4 is 21.4 Å². The van der Waals surface area contributed by atoms with Crippen LogP contribution in [0.1, 0.15) is 50.9 Å². The number of nitrogens with zero attached hydrogens (tertiary/aromatic N) is 3. The van der Waals surface area contributed by atoms with Crippen LogP contribution in [0.3, 0.4) is 0 Å². The highest BCUT2D eigenvalue weighted by Gasteiger charge is 2.33. The van der Waals surface area contributed by atoms with Gasteiger partial charge in [-0.2, -0.15) is 0 Å². The van der Waals surface area contributed by atoms with E-state index < -0.39 is 21.5 Å². The summed E-state index contributed by atoms with van der Waals surface area (Å²) in [6.45, 7) is 6.11. The van der Waals surface area contributed by atoms with Crippen LogP contribution in [0.4, 0.5) is 5.69 Å². The van der Waals surface area contributed by atoms with Crippen molar-refractivity contribution in [3.8, 4) is 0 Å². The molecule has 1 amide bonds. The molecule has 3 rings (SSSR count). The second-order valence-corrected chi connectivity index (χ2v) is 9.66. The maximum atomic E-state index is 12.6. The van der Waals surface area contributed by atoms with Crippen LogP contribution < -0.4 is 5.32 Å². The SMILES string of the molecule is Cn1c(C2CC2)nnc1S(=O)(=O)CC(=O)Nc1ccccc1C(C)(C)C. The highest BCUT2D eigenvalue weighted by molar-refractivity contribution is 7.92. The van der Waals surface area contributed by atoms with Gasteiger partial charge in [-0.25, -0.2) is 8.42 Å². The molecule has 8 heteroatoms. The van der Waals surface area contributed by atoms with Gasteiger partial charge in [-0.05, 0) is 29.9 Å². The molecule has 1 aliphatic carbocycles. The van der Waals surface area contributed by atoms with Crippen molar-refractivity contribution in [1.29, 1.82) is 0 Å². The number of hydrogen-bond acceptors (Lipinski definition) is 5. The first-order chi connectivity index (χ1) is 12.1. The molecule has 140 valence electrons. The number of nitrogens with one attached hydrogen (secondary N) is 1. The second-order valence-electron chi connectivity index (χ2n) is 7.78. The molecule has 0 spiro atoms. The summed E-state index contributed by atoms with van der Waals surface area (Å²) < 4.78 is 26.7. The first-order valence-corrected chi connectivity index (χ1v) is 10.3. The van der Waals surface area contributed by atoms with Crippen LogP contribution in [0.2, 0.25) is 0 Å². The molecule has 0 atom stereocenters. The fraction of sp³-hybridized carbons (Fsp3) is 0.500. The molecule has 1 saturated carbocycles. The van der Waals surface area contributed by atoms with Gasteiger partial charge in [0, 0.05) is 18.7 Å². The number of carbonyl (C=O) groups is 1. The van der Waals surface area contributed by atoms with Gasteiger partial charge in [0.1, 0.15) is 11.6 Å². The van der Waals surface area contributed by atoms with Crippen LogP contribution >= 0.6 is 0 Å². The van der Waals surface area contributed by atoms with Gasteiger partial charge in [-0.15, -0.1) is 10.2 Å². The van der Waals surface area contributed by atoms with Crippen molar-refractivity contribution in [2.45, 2.75) is 50.1 Å². The lowest BCUT2D eigenvalue weighted by Crippen LogP contribution is -2.26. The Hall–Kier alpha value is -2.22. The maximum absolute atomic E-state index is 12.6. The Balaban J connectivity index is 1.78. The van der Waals surface area contributed by atoms with Gasteiger partial charge < -0.3 is 9.88 Å². The summed E-state index contributed by atoms with van der Waals surface area (Å²) in [5.74, 6) is -0.300. The fourth-order valence-electron chi connectivity index (χ4n) is 2.96. The lowest BCUT2D eigenvalue weighted by atomic mass is 9.86. The minimum Gasteiger partial charge on any atom is -0.325 e. The molecule has 2 aromatic rings. The number of hydrogen-bond donors (Lipinski definition) is 1. The van der Waals surface area contributed by atoms with E-state index >= 15 is 0 Å². The Morgan fingerprint density at radius 3 is 2.50 bits per heavy atom. The number of amides is 1. The zero-order chi connectivity index (χ0) is 19.1. The van der Waals surface area contributed by atoms with Crippen molar-refractivity contribution in [2.24, 2.45) is 7.05 Å². The van der Waals surface area contributed by atoms with Crippen LogP contribution in [0, 0.1) is 0 Å². The number of sulfone groups is 1. The lowest BCUT2D eigenvalue weighted by Gasteiger charge is -2.22. The van der Waals surface area contributed by atoms with Crippen LogP contribution in [0.25, 0.3) is 0 Å². The highest BCUT2D eigenvalue weighted by Crippen LogP contribution is 2.39. The first kappa shape index (κ1) is 18.6. The molecule has 0 radical (unpaired) electrons. The molecule has 1 aromatic carbocycles.